The van der Waals surface area contributed by atoms with Crippen molar-refractivity contribution >= 4 is 23.4 Å². The van der Waals surface area contributed by atoms with Crippen molar-refractivity contribution in [3.05, 3.63) is 46.1 Å². The second-order valence-corrected chi connectivity index (χ2v) is 5.33. The minimum absolute atomic E-state index is 0.0678. The van der Waals surface area contributed by atoms with E-state index in [1.165, 1.54) is 12.1 Å². The highest BCUT2D eigenvalue weighted by molar-refractivity contribution is 7.71. The molecular weight excluding hydrogens is 275 g/mol. The second kappa shape index (κ2) is 4.56. The van der Waals surface area contributed by atoms with Crippen LogP contribution in [0.5, 0.6) is 0 Å². The Morgan fingerprint density at radius 2 is 2.15 bits per heavy atom. The Kier molecular flexibility index (Phi) is 2.97. The van der Waals surface area contributed by atoms with E-state index >= 15 is 0 Å². The molecule has 104 valence electrons. The summed E-state index contributed by atoms with van der Waals surface area (Å²) in [5, 5.41) is 4.39. The number of hydrogen-bond donors (Lipinski definition) is 1. The van der Waals surface area contributed by atoms with Crippen LogP contribution in [-0.4, -0.2) is 19.3 Å². The summed E-state index contributed by atoms with van der Waals surface area (Å²) in [6.07, 6.45) is 0. The molecule has 1 atom stereocenters. The predicted octanol–water partition coefficient (Wildman–Crippen LogP) is 3.49. The number of aromatic amines is 1. The summed E-state index contributed by atoms with van der Waals surface area (Å²) in [7, 11) is 1.88. The summed E-state index contributed by atoms with van der Waals surface area (Å²) in [4.78, 5) is 3.18. The zero-order valence-corrected chi connectivity index (χ0v) is 12.3. The van der Waals surface area contributed by atoms with Gasteiger partial charge in [0.05, 0.1) is 11.7 Å². The van der Waals surface area contributed by atoms with Gasteiger partial charge in [-0.1, -0.05) is 12.1 Å². The van der Waals surface area contributed by atoms with Gasteiger partial charge in [-0.05, 0) is 43.8 Å². The highest BCUT2D eigenvalue weighted by Crippen LogP contribution is 2.25. The molecule has 4 nitrogen and oxygen atoms in total. The lowest BCUT2D eigenvalue weighted by Gasteiger charge is -2.15. The molecule has 0 amide bonds. The third-order valence-corrected chi connectivity index (χ3v) is 3.89. The van der Waals surface area contributed by atoms with E-state index in [1.54, 1.807) is 10.7 Å². The van der Waals surface area contributed by atoms with Gasteiger partial charge in [0.15, 0.2) is 10.4 Å². The zero-order valence-electron chi connectivity index (χ0n) is 11.5. The van der Waals surface area contributed by atoms with E-state index < -0.39 is 0 Å². The fraction of sp³-hybridized carbons (Fsp3) is 0.286. The first-order chi connectivity index (χ1) is 9.49. The van der Waals surface area contributed by atoms with Crippen LogP contribution in [0.1, 0.15) is 24.2 Å². The van der Waals surface area contributed by atoms with Gasteiger partial charge in [-0.3, -0.25) is 9.25 Å². The van der Waals surface area contributed by atoms with E-state index in [0.717, 1.165) is 22.4 Å². The standard InChI is InChI=1S/C14H15FN4S/c1-8-12-13(18(3)17-8)19(14(20)16-12)9(2)10-5-4-6-11(15)7-10/h4-7,9H,1-3H3,(H,16,20). The molecule has 2 aromatic heterocycles. The Hall–Kier alpha value is -1.95. The molecule has 0 spiro atoms. The predicted molar refractivity (Wildman–Crippen MR) is 78.8 cm³/mol. The Bertz CT molecular complexity index is 843. The normalized spacial score (nSPS) is 13.0. The highest BCUT2D eigenvalue weighted by atomic mass is 32.1. The van der Waals surface area contributed by atoms with Gasteiger partial charge in [-0.2, -0.15) is 5.10 Å². The van der Waals surface area contributed by atoms with Crippen LogP contribution < -0.4 is 0 Å². The molecule has 1 N–H and O–H groups in total. The molecule has 0 radical (unpaired) electrons. The van der Waals surface area contributed by atoms with Gasteiger partial charge >= 0.3 is 0 Å². The molecule has 1 unspecified atom stereocenters. The van der Waals surface area contributed by atoms with Crippen LogP contribution >= 0.6 is 12.2 Å². The molecule has 0 saturated heterocycles. The van der Waals surface area contributed by atoms with Crippen molar-refractivity contribution in [3.63, 3.8) is 0 Å². The van der Waals surface area contributed by atoms with E-state index in [4.69, 9.17) is 12.2 Å². The molecular formula is C14H15FN4S. The van der Waals surface area contributed by atoms with Crippen LogP contribution in [0.4, 0.5) is 4.39 Å². The summed E-state index contributed by atoms with van der Waals surface area (Å²) >= 11 is 5.41. The van der Waals surface area contributed by atoms with Crippen molar-refractivity contribution in [1.29, 1.82) is 0 Å². The van der Waals surface area contributed by atoms with E-state index in [0.29, 0.717) is 4.77 Å². The van der Waals surface area contributed by atoms with Crippen molar-refractivity contribution < 1.29 is 4.39 Å². The molecule has 20 heavy (non-hydrogen) atoms. The molecule has 0 saturated carbocycles. The summed E-state index contributed by atoms with van der Waals surface area (Å²) in [5.41, 5.74) is 3.63. The molecule has 0 aliphatic heterocycles. The van der Waals surface area contributed by atoms with Gasteiger partial charge in [-0.25, -0.2) is 4.39 Å². The molecule has 6 heteroatoms. The minimum atomic E-state index is -0.242. The largest absolute Gasteiger partial charge is 0.328 e. The third-order valence-electron chi connectivity index (χ3n) is 3.59. The fourth-order valence-electron chi connectivity index (χ4n) is 2.61. The maximum Gasteiger partial charge on any atom is 0.179 e. The van der Waals surface area contributed by atoms with Crippen molar-refractivity contribution in [2.75, 3.05) is 0 Å². The van der Waals surface area contributed by atoms with Gasteiger partial charge in [0.2, 0.25) is 0 Å². The average molecular weight is 290 g/mol. The van der Waals surface area contributed by atoms with E-state index in [1.807, 2.05) is 31.5 Å². The topological polar surface area (TPSA) is 38.5 Å². The Labute approximate surface area is 120 Å². The molecule has 3 rings (SSSR count). The van der Waals surface area contributed by atoms with Gasteiger partial charge < -0.3 is 4.98 Å². The van der Waals surface area contributed by atoms with Crippen molar-refractivity contribution in [2.45, 2.75) is 19.9 Å². The number of H-pyrrole nitrogens is 1. The van der Waals surface area contributed by atoms with Crippen LogP contribution in [0.15, 0.2) is 24.3 Å². The molecule has 2 heterocycles. The SMILES string of the molecule is Cc1nn(C)c2c1[nH]c(=S)n2C(C)c1cccc(F)c1. The number of imidazole rings is 1. The lowest BCUT2D eigenvalue weighted by Crippen LogP contribution is -2.10. The van der Waals surface area contributed by atoms with Crippen LogP contribution in [0.2, 0.25) is 0 Å². The maximum absolute atomic E-state index is 13.4. The summed E-state index contributed by atoms with van der Waals surface area (Å²) in [6.45, 7) is 3.94. The Morgan fingerprint density at radius 3 is 2.85 bits per heavy atom. The molecule has 0 fully saturated rings. The van der Waals surface area contributed by atoms with Crippen molar-refractivity contribution in [1.82, 2.24) is 19.3 Å². The molecule has 0 aliphatic carbocycles. The van der Waals surface area contributed by atoms with Gasteiger partial charge in [0.1, 0.15) is 11.3 Å². The molecule has 0 bridgehead atoms. The number of benzene rings is 1. The number of aromatic nitrogens is 4. The zero-order chi connectivity index (χ0) is 14.4. The first-order valence-electron chi connectivity index (χ1n) is 6.38. The maximum atomic E-state index is 13.4. The molecule has 0 aliphatic rings. The monoisotopic (exact) mass is 290 g/mol. The lowest BCUT2D eigenvalue weighted by molar-refractivity contribution is 0.598. The Morgan fingerprint density at radius 1 is 1.40 bits per heavy atom. The number of aryl methyl sites for hydroxylation is 2. The van der Waals surface area contributed by atoms with Gasteiger partial charge in [0, 0.05) is 7.05 Å². The third kappa shape index (κ3) is 1.87. The lowest BCUT2D eigenvalue weighted by atomic mass is 10.1. The average Bonchev–Trinajstić information content (AvgIpc) is 2.87. The van der Waals surface area contributed by atoms with Crippen molar-refractivity contribution in [3.8, 4) is 0 Å². The number of fused-ring (bicyclic) bond motifs is 1. The number of halogens is 1. The van der Waals surface area contributed by atoms with Crippen LogP contribution in [0.25, 0.3) is 11.2 Å². The summed E-state index contributed by atoms with van der Waals surface area (Å²) in [6, 6.07) is 6.52. The molecule has 1 aromatic carbocycles. The van der Waals surface area contributed by atoms with E-state index in [-0.39, 0.29) is 11.9 Å². The first-order valence-corrected chi connectivity index (χ1v) is 6.79. The second-order valence-electron chi connectivity index (χ2n) is 4.94. The Balaban J connectivity index is 2.24. The van der Waals surface area contributed by atoms with Crippen LogP contribution in [0, 0.1) is 17.5 Å². The quantitative estimate of drug-likeness (QED) is 0.734. The minimum Gasteiger partial charge on any atom is -0.328 e. The van der Waals surface area contributed by atoms with Gasteiger partial charge in [0.25, 0.3) is 0 Å². The highest BCUT2D eigenvalue weighted by Gasteiger charge is 2.18. The number of rotatable bonds is 2. The number of nitrogens with one attached hydrogen (secondary N) is 1. The number of nitrogens with zero attached hydrogens (tertiary/aromatic N) is 3. The fourth-order valence-corrected chi connectivity index (χ4v) is 2.95. The number of hydrogen-bond acceptors (Lipinski definition) is 2. The van der Waals surface area contributed by atoms with E-state index in [9.17, 15) is 4.39 Å². The summed E-state index contributed by atoms with van der Waals surface area (Å²) < 4.78 is 17.8. The van der Waals surface area contributed by atoms with Crippen LogP contribution in [0.3, 0.4) is 0 Å². The van der Waals surface area contributed by atoms with Crippen molar-refractivity contribution in [2.24, 2.45) is 7.05 Å². The first kappa shape index (κ1) is 13.1. The smallest absolute Gasteiger partial charge is 0.179 e. The molecule has 3 aromatic rings. The van der Waals surface area contributed by atoms with Crippen LogP contribution in [-0.2, 0) is 7.05 Å². The van der Waals surface area contributed by atoms with E-state index in [2.05, 4.69) is 10.1 Å². The van der Waals surface area contributed by atoms with Gasteiger partial charge in [-0.15, -0.1) is 0 Å². The summed E-state index contributed by atoms with van der Waals surface area (Å²) in [5.74, 6) is -0.242.